The van der Waals surface area contributed by atoms with Crippen molar-refractivity contribution in [3.05, 3.63) is 0 Å². The molecule has 0 amide bonds. The molecule has 3 N–H and O–H groups in total. The number of nitrogens with two attached hydrogens (primary N) is 1. The summed E-state index contributed by atoms with van der Waals surface area (Å²) in [6.07, 6.45) is 4.30. The molecule has 2 atom stereocenters. The summed E-state index contributed by atoms with van der Waals surface area (Å²) in [5, 5.41) is 9.24. The van der Waals surface area contributed by atoms with Crippen molar-refractivity contribution in [2.24, 2.45) is 5.73 Å². The van der Waals surface area contributed by atoms with Gasteiger partial charge in [0, 0.05) is 6.04 Å². The highest BCUT2D eigenvalue weighted by Crippen LogP contribution is 2.53. The SMILES string of the molecule is C[C@H](N)C1(CO)CCC2(CC2)O1. The van der Waals surface area contributed by atoms with Crippen LogP contribution in [0.15, 0.2) is 0 Å². The summed E-state index contributed by atoms with van der Waals surface area (Å²) in [4.78, 5) is 0. The zero-order valence-electron chi connectivity index (χ0n) is 7.55. The van der Waals surface area contributed by atoms with Crippen molar-refractivity contribution < 1.29 is 9.84 Å². The lowest BCUT2D eigenvalue weighted by Crippen LogP contribution is -2.49. The largest absolute Gasteiger partial charge is 0.393 e. The molecule has 0 aromatic carbocycles. The Morgan fingerprint density at radius 3 is 2.25 bits per heavy atom. The molecule has 1 heterocycles. The minimum atomic E-state index is -0.434. The van der Waals surface area contributed by atoms with E-state index < -0.39 is 5.60 Å². The van der Waals surface area contributed by atoms with Crippen LogP contribution in [0.4, 0.5) is 0 Å². The van der Waals surface area contributed by atoms with E-state index in [1.165, 1.54) is 0 Å². The van der Waals surface area contributed by atoms with E-state index in [4.69, 9.17) is 10.5 Å². The van der Waals surface area contributed by atoms with Crippen LogP contribution in [0.1, 0.15) is 32.6 Å². The maximum atomic E-state index is 9.24. The van der Waals surface area contributed by atoms with E-state index in [0.717, 1.165) is 25.7 Å². The minimum absolute atomic E-state index is 0.0619. The molecular formula is C9H17NO2. The van der Waals surface area contributed by atoms with Crippen LogP contribution in [-0.4, -0.2) is 29.0 Å². The first-order chi connectivity index (χ1) is 5.63. The fraction of sp³-hybridized carbons (Fsp3) is 1.00. The second kappa shape index (κ2) is 2.44. The van der Waals surface area contributed by atoms with E-state index in [1.807, 2.05) is 6.92 Å². The minimum Gasteiger partial charge on any atom is -0.393 e. The summed E-state index contributed by atoms with van der Waals surface area (Å²) in [7, 11) is 0. The fourth-order valence-electron chi connectivity index (χ4n) is 2.04. The molecule has 1 unspecified atom stereocenters. The zero-order valence-corrected chi connectivity index (χ0v) is 7.55. The molecule has 1 aliphatic heterocycles. The number of rotatable bonds is 2. The molecule has 0 radical (unpaired) electrons. The third-order valence-electron chi connectivity index (χ3n) is 3.33. The van der Waals surface area contributed by atoms with Gasteiger partial charge in [-0.05, 0) is 32.6 Å². The average molecular weight is 171 g/mol. The third kappa shape index (κ3) is 1.08. The van der Waals surface area contributed by atoms with Crippen molar-refractivity contribution in [1.29, 1.82) is 0 Å². The lowest BCUT2D eigenvalue weighted by Gasteiger charge is -2.31. The molecule has 3 heteroatoms. The molecule has 0 bridgehead atoms. The van der Waals surface area contributed by atoms with Gasteiger partial charge in [-0.1, -0.05) is 0 Å². The van der Waals surface area contributed by atoms with Gasteiger partial charge in [0.2, 0.25) is 0 Å². The number of aliphatic hydroxyl groups is 1. The predicted molar refractivity (Wildman–Crippen MR) is 45.8 cm³/mol. The number of aliphatic hydroxyl groups excluding tert-OH is 1. The first kappa shape index (κ1) is 8.48. The summed E-state index contributed by atoms with van der Waals surface area (Å²) < 4.78 is 5.88. The number of hydrogen-bond donors (Lipinski definition) is 2. The highest BCUT2D eigenvalue weighted by Gasteiger charge is 2.57. The maximum absolute atomic E-state index is 9.24. The summed E-state index contributed by atoms with van der Waals surface area (Å²) >= 11 is 0. The van der Waals surface area contributed by atoms with E-state index >= 15 is 0 Å². The summed E-state index contributed by atoms with van der Waals surface area (Å²) in [6, 6.07) is -0.0672. The van der Waals surface area contributed by atoms with Gasteiger partial charge < -0.3 is 15.6 Å². The van der Waals surface area contributed by atoms with E-state index in [-0.39, 0.29) is 18.2 Å². The maximum Gasteiger partial charge on any atom is 0.107 e. The molecule has 3 nitrogen and oxygen atoms in total. The van der Waals surface area contributed by atoms with Crippen LogP contribution in [0.25, 0.3) is 0 Å². The summed E-state index contributed by atoms with van der Waals surface area (Å²) in [6.45, 7) is 1.98. The molecule has 12 heavy (non-hydrogen) atoms. The fourth-order valence-corrected chi connectivity index (χ4v) is 2.04. The highest BCUT2D eigenvalue weighted by molar-refractivity contribution is 5.08. The Balaban J connectivity index is 2.10. The Kier molecular flexibility index (Phi) is 1.72. The standard InChI is InChI=1S/C9H17NO2/c1-7(10)9(6-11)5-4-8(12-9)2-3-8/h7,11H,2-6,10H2,1H3/t7-,9?/m0/s1. The predicted octanol–water partition coefficient (Wildman–Crippen LogP) is 0.408. The molecule has 2 rings (SSSR count). The van der Waals surface area contributed by atoms with E-state index in [9.17, 15) is 5.11 Å². The van der Waals surface area contributed by atoms with Crippen LogP contribution in [0.3, 0.4) is 0 Å². The lowest BCUT2D eigenvalue weighted by molar-refractivity contribution is -0.0950. The molecule has 2 fully saturated rings. The monoisotopic (exact) mass is 171 g/mol. The van der Waals surface area contributed by atoms with Crippen molar-refractivity contribution in [3.8, 4) is 0 Å². The van der Waals surface area contributed by atoms with Gasteiger partial charge in [-0.15, -0.1) is 0 Å². The van der Waals surface area contributed by atoms with Gasteiger partial charge in [0.15, 0.2) is 0 Å². The van der Waals surface area contributed by atoms with Gasteiger partial charge in [-0.2, -0.15) is 0 Å². The van der Waals surface area contributed by atoms with Crippen molar-refractivity contribution in [2.45, 2.75) is 49.9 Å². The Morgan fingerprint density at radius 2 is 2.00 bits per heavy atom. The number of ether oxygens (including phenoxy) is 1. The summed E-state index contributed by atoms with van der Waals surface area (Å²) in [5.41, 5.74) is 5.49. The summed E-state index contributed by atoms with van der Waals surface area (Å²) in [5.74, 6) is 0. The Labute approximate surface area is 72.9 Å². The van der Waals surface area contributed by atoms with Crippen molar-refractivity contribution >= 4 is 0 Å². The molecule has 2 aliphatic rings. The molecule has 1 spiro atoms. The molecule has 0 aromatic heterocycles. The van der Waals surface area contributed by atoms with E-state index in [0.29, 0.717) is 0 Å². The van der Waals surface area contributed by atoms with Crippen LogP contribution in [0.5, 0.6) is 0 Å². The molecule has 1 saturated carbocycles. The highest BCUT2D eigenvalue weighted by atomic mass is 16.5. The van der Waals surface area contributed by atoms with Crippen LogP contribution in [0.2, 0.25) is 0 Å². The Hall–Kier alpha value is -0.120. The third-order valence-corrected chi connectivity index (χ3v) is 3.33. The molecular weight excluding hydrogens is 154 g/mol. The van der Waals surface area contributed by atoms with Crippen LogP contribution in [0, 0.1) is 0 Å². The van der Waals surface area contributed by atoms with Gasteiger partial charge in [0.05, 0.1) is 12.2 Å². The van der Waals surface area contributed by atoms with Crippen molar-refractivity contribution in [1.82, 2.24) is 0 Å². The molecule has 70 valence electrons. The van der Waals surface area contributed by atoms with Gasteiger partial charge in [-0.3, -0.25) is 0 Å². The number of hydrogen-bond acceptors (Lipinski definition) is 3. The van der Waals surface area contributed by atoms with Gasteiger partial charge in [0.25, 0.3) is 0 Å². The van der Waals surface area contributed by atoms with Crippen molar-refractivity contribution in [2.75, 3.05) is 6.61 Å². The quantitative estimate of drug-likeness (QED) is 0.632. The van der Waals surface area contributed by atoms with Gasteiger partial charge in [-0.25, -0.2) is 0 Å². The van der Waals surface area contributed by atoms with Crippen LogP contribution in [-0.2, 0) is 4.74 Å². The molecule has 0 aromatic rings. The van der Waals surface area contributed by atoms with E-state index in [1.54, 1.807) is 0 Å². The molecule has 1 saturated heterocycles. The average Bonchev–Trinajstić information content (AvgIpc) is 2.64. The first-order valence-electron chi connectivity index (χ1n) is 4.69. The lowest BCUT2D eigenvalue weighted by atomic mass is 9.93. The van der Waals surface area contributed by atoms with Gasteiger partial charge in [0.1, 0.15) is 5.60 Å². The second-order valence-corrected chi connectivity index (χ2v) is 4.30. The first-order valence-corrected chi connectivity index (χ1v) is 4.69. The molecule has 1 aliphatic carbocycles. The Morgan fingerprint density at radius 1 is 1.42 bits per heavy atom. The zero-order chi connectivity index (χ0) is 8.82. The van der Waals surface area contributed by atoms with Gasteiger partial charge >= 0.3 is 0 Å². The normalized spacial score (nSPS) is 40.2. The second-order valence-electron chi connectivity index (χ2n) is 4.30. The van der Waals surface area contributed by atoms with Crippen LogP contribution >= 0.6 is 0 Å². The van der Waals surface area contributed by atoms with Crippen LogP contribution < -0.4 is 5.73 Å². The van der Waals surface area contributed by atoms with E-state index in [2.05, 4.69) is 0 Å². The Bertz CT molecular complexity index is 189. The topological polar surface area (TPSA) is 55.5 Å². The smallest absolute Gasteiger partial charge is 0.107 e. The van der Waals surface area contributed by atoms with Crippen molar-refractivity contribution in [3.63, 3.8) is 0 Å².